The first-order chi connectivity index (χ1) is 11.5. The first kappa shape index (κ1) is 16.1. The van der Waals surface area contributed by atoms with Crippen LogP contribution in [0.15, 0.2) is 41.3 Å². The molecular formula is C16H12BrF2N5. The highest BCUT2D eigenvalue weighted by molar-refractivity contribution is 9.10. The third-order valence-electron chi connectivity index (χ3n) is 3.38. The molecule has 1 heterocycles. The number of benzene rings is 2. The van der Waals surface area contributed by atoms with Crippen LogP contribution in [0.5, 0.6) is 0 Å². The van der Waals surface area contributed by atoms with Crippen molar-refractivity contribution in [3.05, 3.63) is 58.5 Å². The Balaban J connectivity index is 2.13. The Kier molecular flexibility index (Phi) is 4.30. The number of halogens is 3. The fourth-order valence-electron chi connectivity index (χ4n) is 2.30. The normalized spacial score (nSPS) is 11.3. The van der Waals surface area contributed by atoms with Crippen molar-refractivity contribution in [2.45, 2.75) is 0 Å². The highest BCUT2D eigenvalue weighted by Gasteiger charge is 2.14. The van der Waals surface area contributed by atoms with Crippen molar-refractivity contribution in [1.29, 1.82) is 0 Å². The van der Waals surface area contributed by atoms with Gasteiger partial charge in [-0.15, -0.1) is 0 Å². The van der Waals surface area contributed by atoms with E-state index in [1.165, 1.54) is 36.8 Å². The van der Waals surface area contributed by atoms with Crippen LogP contribution < -0.4 is 16.8 Å². The summed E-state index contributed by atoms with van der Waals surface area (Å²) in [7, 11) is 0. The van der Waals surface area contributed by atoms with Crippen molar-refractivity contribution in [1.82, 2.24) is 9.97 Å². The molecule has 3 rings (SSSR count). The Morgan fingerprint density at radius 3 is 2.71 bits per heavy atom. The number of nitrogens with one attached hydrogen (secondary N) is 1. The van der Waals surface area contributed by atoms with Gasteiger partial charge < -0.3 is 16.8 Å². The van der Waals surface area contributed by atoms with Gasteiger partial charge in [-0.3, -0.25) is 0 Å². The van der Waals surface area contributed by atoms with Crippen molar-refractivity contribution >= 4 is 50.1 Å². The van der Waals surface area contributed by atoms with Crippen LogP contribution in [0.1, 0.15) is 5.56 Å². The number of aromatic nitrogens is 2. The number of hydrogen-bond acceptors (Lipinski definition) is 5. The lowest BCUT2D eigenvalue weighted by atomic mass is 10.1. The van der Waals surface area contributed by atoms with Crippen LogP contribution in [0.25, 0.3) is 17.0 Å². The molecule has 0 saturated heterocycles. The van der Waals surface area contributed by atoms with Crippen LogP contribution in [-0.2, 0) is 0 Å². The zero-order valence-electron chi connectivity index (χ0n) is 12.2. The van der Waals surface area contributed by atoms with E-state index in [9.17, 15) is 8.78 Å². The summed E-state index contributed by atoms with van der Waals surface area (Å²) in [6.45, 7) is 0. The lowest BCUT2D eigenvalue weighted by Gasteiger charge is -2.12. The first-order valence-corrected chi connectivity index (χ1v) is 7.63. The molecule has 1 aromatic heterocycles. The number of fused-ring (bicyclic) bond motifs is 1. The summed E-state index contributed by atoms with van der Waals surface area (Å²) in [6, 6.07) is 5.91. The summed E-state index contributed by atoms with van der Waals surface area (Å²) < 4.78 is 29.4. The lowest BCUT2D eigenvalue weighted by molar-refractivity contribution is 0.629. The summed E-state index contributed by atoms with van der Waals surface area (Å²) in [4.78, 5) is 8.04. The second kappa shape index (κ2) is 6.40. The molecule has 5 nitrogen and oxygen atoms in total. The molecule has 24 heavy (non-hydrogen) atoms. The molecule has 0 aliphatic rings. The molecule has 2 aromatic carbocycles. The molecule has 0 fully saturated rings. The SMILES string of the molecule is N/C=C\c1c(N)ccc(Nc2ncnc3cc(Br)cc(F)c23)c1F. The second-order valence-electron chi connectivity index (χ2n) is 4.92. The Bertz CT molecular complexity index is 959. The molecule has 0 radical (unpaired) electrons. The van der Waals surface area contributed by atoms with Gasteiger partial charge in [0.25, 0.3) is 0 Å². The van der Waals surface area contributed by atoms with Gasteiger partial charge in [-0.1, -0.05) is 15.9 Å². The molecular weight excluding hydrogens is 380 g/mol. The Morgan fingerprint density at radius 1 is 1.17 bits per heavy atom. The highest BCUT2D eigenvalue weighted by Crippen LogP contribution is 2.31. The van der Waals surface area contributed by atoms with Crippen LogP contribution in [-0.4, -0.2) is 9.97 Å². The van der Waals surface area contributed by atoms with Gasteiger partial charge in [0.15, 0.2) is 5.82 Å². The molecule has 5 N–H and O–H groups in total. The standard InChI is InChI=1S/C16H12BrF2N5/c17-8-5-10(18)14-13(6-8)22-7-23-16(14)24-12-2-1-11(21)9(3-4-20)15(12)19/h1-7H,20-21H2,(H,22,23,24)/b4-3-. The van der Waals surface area contributed by atoms with Crippen molar-refractivity contribution in [2.24, 2.45) is 5.73 Å². The van der Waals surface area contributed by atoms with E-state index in [1.54, 1.807) is 6.07 Å². The summed E-state index contributed by atoms with van der Waals surface area (Å²) in [6.07, 6.45) is 3.81. The van der Waals surface area contributed by atoms with E-state index in [0.717, 1.165) is 0 Å². The minimum atomic E-state index is -0.610. The summed E-state index contributed by atoms with van der Waals surface area (Å²) in [5, 5.41) is 2.95. The molecule has 0 saturated carbocycles. The van der Waals surface area contributed by atoms with Crippen LogP contribution in [0.3, 0.4) is 0 Å². The predicted octanol–water partition coefficient (Wildman–Crippen LogP) is 3.93. The minimum Gasteiger partial charge on any atom is -0.405 e. The van der Waals surface area contributed by atoms with Gasteiger partial charge in [0, 0.05) is 15.7 Å². The Labute approximate surface area is 144 Å². The van der Waals surface area contributed by atoms with Crippen molar-refractivity contribution < 1.29 is 8.78 Å². The highest BCUT2D eigenvalue weighted by atomic mass is 79.9. The molecule has 0 aliphatic carbocycles. The molecule has 0 unspecified atom stereocenters. The molecule has 0 spiro atoms. The monoisotopic (exact) mass is 391 g/mol. The maximum Gasteiger partial charge on any atom is 0.156 e. The number of nitrogen functional groups attached to an aromatic ring is 1. The first-order valence-electron chi connectivity index (χ1n) is 6.84. The zero-order chi connectivity index (χ0) is 17.3. The van der Waals surface area contributed by atoms with E-state index in [2.05, 4.69) is 31.2 Å². The summed E-state index contributed by atoms with van der Waals surface area (Å²) in [5.41, 5.74) is 11.9. The van der Waals surface area contributed by atoms with Gasteiger partial charge in [-0.2, -0.15) is 0 Å². The Morgan fingerprint density at radius 2 is 1.96 bits per heavy atom. The largest absolute Gasteiger partial charge is 0.405 e. The zero-order valence-corrected chi connectivity index (χ0v) is 13.8. The second-order valence-corrected chi connectivity index (χ2v) is 5.83. The smallest absolute Gasteiger partial charge is 0.156 e. The summed E-state index contributed by atoms with van der Waals surface area (Å²) in [5.74, 6) is -0.988. The number of nitrogens with two attached hydrogens (primary N) is 2. The molecule has 0 aliphatic heterocycles. The van der Waals surface area contributed by atoms with Gasteiger partial charge >= 0.3 is 0 Å². The van der Waals surface area contributed by atoms with Crippen molar-refractivity contribution in [2.75, 3.05) is 11.1 Å². The maximum atomic E-state index is 14.6. The van der Waals surface area contributed by atoms with E-state index in [4.69, 9.17) is 11.5 Å². The summed E-state index contributed by atoms with van der Waals surface area (Å²) >= 11 is 3.21. The topological polar surface area (TPSA) is 89.8 Å². The molecule has 122 valence electrons. The number of anilines is 3. The maximum absolute atomic E-state index is 14.6. The van der Waals surface area contributed by atoms with Crippen molar-refractivity contribution in [3.63, 3.8) is 0 Å². The fraction of sp³-hybridized carbons (Fsp3) is 0. The molecule has 0 atom stereocenters. The number of rotatable bonds is 3. The lowest BCUT2D eigenvalue weighted by Crippen LogP contribution is -2.02. The molecule has 3 aromatic rings. The minimum absolute atomic E-state index is 0.0969. The third-order valence-corrected chi connectivity index (χ3v) is 3.84. The van der Waals surface area contributed by atoms with Gasteiger partial charge in [0.05, 0.1) is 16.6 Å². The van der Waals surface area contributed by atoms with Gasteiger partial charge in [0.1, 0.15) is 18.0 Å². The Hall–Kier alpha value is -2.74. The van der Waals surface area contributed by atoms with Crippen LogP contribution in [0.4, 0.5) is 26.0 Å². The quantitative estimate of drug-likeness (QED) is 0.588. The third kappa shape index (κ3) is 2.88. The predicted molar refractivity (Wildman–Crippen MR) is 94.5 cm³/mol. The average molecular weight is 392 g/mol. The number of hydrogen-bond donors (Lipinski definition) is 3. The number of nitrogens with zero attached hydrogens (tertiary/aromatic N) is 2. The van der Waals surface area contributed by atoms with Crippen LogP contribution in [0.2, 0.25) is 0 Å². The van der Waals surface area contributed by atoms with Gasteiger partial charge in [0.2, 0.25) is 0 Å². The average Bonchev–Trinajstić information content (AvgIpc) is 2.53. The van der Waals surface area contributed by atoms with Gasteiger partial charge in [-0.05, 0) is 36.5 Å². The van der Waals surface area contributed by atoms with E-state index < -0.39 is 11.6 Å². The molecule has 0 amide bonds. The van der Waals surface area contributed by atoms with E-state index in [1.807, 2.05) is 0 Å². The van der Waals surface area contributed by atoms with Crippen LogP contribution in [0, 0.1) is 11.6 Å². The van der Waals surface area contributed by atoms with E-state index >= 15 is 0 Å². The molecule has 0 bridgehead atoms. The van der Waals surface area contributed by atoms with Crippen molar-refractivity contribution in [3.8, 4) is 0 Å². The van der Waals surface area contributed by atoms with E-state index in [-0.39, 0.29) is 28.1 Å². The van der Waals surface area contributed by atoms with E-state index in [0.29, 0.717) is 9.99 Å². The van der Waals surface area contributed by atoms with Crippen LogP contribution >= 0.6 is 15.9 Å². The van der Waals surface area contributed by atoms with Gasteiger partial charge in [-0.25, -0.2) is 18.7 Å². The fourth-order valence-corrected chi connectivity index (χ4v) is 2.72. The molecule has 8 heteroatoms.